The lowest BCUT2D eigenvalue weighted by Crippen LogP contribution is -2.44. The molecule has 132 valence electrons. The van der Waals surface area contributed by atoms with Gasteiger partial charge in [-0.3, -0.25) is 4.79 Å². The fourth-order valence-corrected chi connectivity index (χ4v) is 4.73. The van der Waals surface area contributed by atoms with Crippen LogP contribution in [0.25, 0.3) is 0 Å². The van der Waals surface area contributed by atoms with Crippen molar-refractivity contribution in [2.75, 3.05) is 31.1 Å². The van der Waals surface area contributed by atoms with Crippen LogP contribution in [0.1, 0.15) is 44.1 Å². The fourth-order valence-electron chi connectivity index (χ4n) is 3.83. The number of thioether (sulfide) groups is 1. The van der Waals surface area contributed by atoms with Crippen LogP contribution >= 0.6 is 11.8 Å². The summed E-state index contributed by atoms with van der Waals surface area (Å²) in [4.78, 5) is 14.7. The number of carbonyl (C=O) groups is 1. The molecule has 1 atom stereocenters. The number of nitrogens with zero attached hydrogens (tertiary/aromatic N) is 1. The first-order valence-corrected chi connectivity index (χ1v) is 10.5. The van der Waals surface area contributed by atoms with Crippen molar-refractivity contribution in [1.29, 1.82) is 0 Å². The molecule has 1 heterocycles. The molecule has 0 spiro atoms. The van der Waals surface area contributed by atoms with Gasteiger partial charge in [-0.2, -0.15) is 11.8 Å². The van der Waals surface area contributed by atoms with Gasteiger partial charge in [-0.05, 0) is 37.2 Å². The van der Waals surface area contributed by atoms with Crippen molar-refractivity contribution < 1.29 is 4.79 Å². The summed E-state index contributed by atoms with van der Waals surface area (Å²) in [6.45, 7) is 5.22. The molecule has 1 saturated carbocycles. The molecule has 2 aliphatic rings. The Morgan fingerprint density at radius 2 is 1.83 bits per heavy atom. The molecule has 0 radical (unpaired) electrons. The van der Waals surface area contributed by atoms with Gasteiger partial charge in [0.2, 0.25) is 5.91 Å². The Balaban J connectivity index is 1.39. The normalized spacial score (nSPS) is 26.1. The lowest BCUT2D eigenvalue weighted by molar-refractivity contribution is -0.136. The van der Waals surface area contributed by atoms with Gasteiger partial charge in [-0.15, -0.1) is 0 Å². The van der Waals surface area contributed by atoms with Crippen molar-refractivity contribution in [2.24, 2.45) is 5.92 Å². The average Bonchev–Trinajstić information content (AvgIpc) is 2.67. The molecule has 0 bridgehead atoms. The van der Waals surface area contributed by atoms with E-state index in [4.69, 9.17) is 0 Å². The van der Waals surface area contributed by atoms with E-state index in [-0.39, 0.29) is 5.92 Å². The van der Waals surface area contributed by atoms with Crippen LogP contribution in [-0.4, -0.2) is 48.0 Å². The molecule has 1 saturated heterocycles. The van der Waals surface area contributed by atoms with Crippen LogP contribution in [0, 0.1) is 5.92 Å². The van der Waals surface area contributed by atoms with Crippen LogP contribution in [0.5, 0.6) is 0 Å². The molecule has 1 unspecified atom stereocenters. The highest BCUT2D eigenvalue weighted by molar-refractivity contribution is 7.99. The Hall–Kier alpha value is -1.00. The molecule has 1 aliphatic carbocycles. The zero-order valence-corrected chi connectivity index (χ0v) is 15.6. The minimum atomic E-state index is 0.276. The van der Waals surface area contributed by atoms with Crippen LogP contribution in [0.15, 0.2) is 30.3 Å². The van der Waals surface area contributed by atoms with Crippen molar-refractivity contribution in [2.45, 2.75) is 44.6 Å². The van der Waals surface area contributed by atoms with Gasteiger partial charge in [0.25, 0.3) is 0 Å². The predicted molar refractivity (Wildman–Crippen MR) is 103 cm³/mol. The third-order valence-corrected chi connectivity index (χ3v) is 6.42. The molecule has 3 nitrogen and oxygen atoms in total. The molecule has 0 aromatic heterocycles. The number of hydrogen-bond donors (Lipinski definition) is 1. The van der Waals surface area contributed by atoms with E-state index >= 15 is 0 Å². The van der Waals surface area contributed by atoms with Gasteiger partial charge in [0.15, 0.2) is 0 Å². The number of benzene rings is 1. The van der Waals surface area contributed by atoms with Crippen LogP contribution in [0.3, 0.4) is 0 Å². The maximum atomic E-state index is 12.6. The summed E-state index contributed by atoms with van der Waals surface area (Å²) in [6.07, 6.45) is 4.39. The van der Waals surface area contributed by atoms with Crippen LogP contribution in [0.4, 0.5) is 0 Å². The van der Waals surface area contributed by atoms with Crippen molar-refractivity contribution in [3.05, 3.63) is 35.9 Å². The summed E-state index contributed by atoms with van der Waals surface area (Å²) in [6, 6.07) is 11.3. The minimum Gasteiger partial charge on any atom is -0.341 e. The fraction of sp³-hybridized carbons (Fsp3) is 0.650. The number of nitrogens with one attached hydrogen (secondary N) is 1. The lowest BCUT2D eigenvalue weighted by atomic mass is 9.85. The standard InChI is InChI=1S/C20H30N2OS/c1-16(17-5-3-2-4-6-17)15-21-19-9-7-18(8-10-19)20(23)22-11-13-24-14-12-22/h2-6,16,18-19,21H,7-15H2,1H3. The van der Waals surface area contributed by atoms with E-state index in [1.54, 1.807) is 0 Å². The summed E-state index contributed by atoms with van der Waals surface area (Å²) >= 11 is 1.97. The van der Waals surface area contributed by atoms with E-state index in [2.05, 4.69) is 47.5 Å². The summed E-state index contributed by atoms with van der Waals surface area (Å²) in [5.74, 6) is 3.46. The molecule has 1 aliphatic heterocycles. The molecule has 1 aromatic carbocycles. The molecule has 4 heteroatoms. The number of amides is 1. The quantitative estimate of drug-likeness (QED) is 0.885. The second-order valence-electron chi connectivity index (χ2n) is 7.21. The van der Waals surface area contributed by atoms with Gasteiger partial charge in [0.05, 0.1) is 0 Å². The Morgan fingerprint density at radius 1 is 1.17 bits per heavy atom. The van der Waals surface area contributed by atoms with E-state index < -0.39 is 0 Å². The van der Waals surface area contributed by atoms with E-state index in [0.717, 1.165) is 56.8 Å². The van der Waals surface area contributed by atoms with E-state index in [0.29, 0.717) is 17.9 Å². The van der Waals surface area contributed by atoms with Crippen molar-refractivity contribution in [1.82, 2.24) is 10.2 Å². The highest BCUT2D eigenvalue weighted by Crippen LogP contribution is 2.27. The lowest BCUT2D eigenvalue weighted by Gasteiger charge is -2.34. The van der Waals surface area contributed by atoms with E-state index in [1.165, 1.54) is 5.56 Å². The van der Waals surface area contributed by atoms with Crippen molar-refractivity contribution in [3.8, 4) is 0 Å². The molecule has 1 aromatic rings. The van der Waals surface area contributed by atoms with Gasteiger partial charge in [0.1, 0.15) is 0 Å². The molecular weight excluding hydrogens is 316 g/mol. The molecule has 2 fully saturated rings. The Kier molecular flexibility index (Phi) is 6.61. The van der Waals surface area contributed by atoms with Gasteiger partial charge in [-0.25, -0.2) is 0 Å². The second-order valence-corrected chi connectivity index (χ2v) is 8.43. The van der Waals surface area contributed by atoms with Gasteiger partial charge >= 0.3 is 0 Å². The van der Waals surface area contributed by atoms with Crippen LogP contribution < -0.4 is 5.32 Å². The zero-order chi connectivity index (χ0) is 16.8. The summed E-state index contributed by atoms with van der Waals surface area (Å²) in [5, 5.41) is 3.73. The van der Waals surface area contributed by atoms with E-state index in [9.17, 15) is 4.79 Å². The van der Waals surface area contributed by atoms with Crippen LogP contribution in [-0.2, 0) is 4.79 Å². The highest BCUT2D eigenvalue weighted by atomic mass is 32.2. The summed E-state index contributed by atoms with van der Waals surface area (Å²) in [5.41, 5.74) is 1.40. The molecule has 1 N–H and O–H groups in total. The molecular formula is C20H30N2OS. The topological polar surface area (TPSA) is 32.3 Å². The maximum Gasteiger partial charge on any atom is 0.225 e. The van der Waals surface area contributed by atoms with Crippen molar-refractivity contribution >= 4 is 17.7 Å². The smallest absolute Gasteiger partial charge is 0.225 e. The number of carbonyl (C=O) groups excluding carboxylic acids is 1. The van der Waals surface area contributed by atoms with Crippen molar-refractivity contribution in [3.63, 3.8) is 0 Å². The predicted octanol–water partition coefficient (Wildman–Crippen LogP) is 3.51. The Morgan fingerprint density at radius 3 is 2.50 bits per heavy atom. The summed E-state index contributed by atoms with van der Waals surface area (Å²) in [7, 11) is 0. The largest absolute Gasteiger partial charge is 0.341 e. The first-order chi connectivity index (χ1) is 11.7. The summed E-state index contributed by atoms with van der Waals surface area (Å²) < 4.78 is 0. The zero-order valence-electron chi connectivity index (χ0n) is 14.7. The Bertz CT molecular complexity index is 508. The SMILES string of the molecule is CC(CNC1CCC(C(=O)N2CCSCC2)CC1)c1ccccc1. The number of hydrogen-bond acceptors (Lipinski definition) is 3. The monoisotopic (exact) mass is 346 g/mol. The molecule has 24 heavy (non-hydrogen) atoms. The van der Waals surface area contributed by atoms with Crippen LogP contribution in [0.2, 0.25) is 0 Å². The third-order valence-electron chi connectivity index (χ3n) is 5.48. The first-order valence-electron chi connectivity index (χ1n) is 9.39. The maximum absolute atomic E-state index is 12.6. The van der Waals surface area contributed by atoms with Gasteiger partial charge < -0.3 is 10.2 Å². The third kappa shape index (κ3) is 4.76. The van der Waals surface area contributed by atoms with Gasteiger partial charge in [0, 0.05) is 43.1 Å². The van der Waals surface area contributed by atoms with E-state index in [1.807, 2.05) is 11.8 Å². The first kappa shape index (κ1) is 17.8. The second kappa shape index (κ2) is 8.91. The Labute approximate surface area is 150 Å². The average molecular weight is 347 g/mol. The highest BCUT2D eigenvalue weighted by Gasteiger charge is 2.30. The molecule has 1 amide bonds. The minimum absolute atomic E-state index is 0.276. The molecule has 3 rings (SSSR count). The van der Waals surface area contributed by atoms with Gasteiger partial charge in [-0.1, -0.05) is 37.3 Å². The number of rotatable bonds is 5.